The number of amides is 1. The van der Waals surface area contributed by atoms with Gasteiger partial charge in [0.05, 0.1) is 5.75 Å². The molecule has 0 aliphatic heterocycles. The van der Waals surface area contributed by atoms with Gasteiger partial charge >= 0.3 is 0 Å². The zero-order chi connectivity index (χ0) is 16.6. The van der Waals surface area contributed by atoms with E-state index >= 15 is 0 Å². The number of carbonyl (C=O) groups is 1. The van der Waals surface area contributed by atoms with Crippen molar-refractivity contribution >= 4 is 28.2 Å². The van der Waals surface area contributed by atoms with Gasteiger partial charge < -0.3 is 10.6 Å². The number of nitrogens with two attached hydrogens (primary N) is 1. The molecule has 0 spiro atoms. The second kappa shape index (κ2) is 10.6. The number of benzene rings is 1. The van der Waals surface area contributed by atoms with Crippen molar-refractivity contribution in [2.24, 2.45) is 11.7 Å². The Balaban J connectivity index is 0.00000484. The van der Waals surface area contributed by atoms with Crippen molar-refractivity contribution < 1.29 is 13.2 Å². The summed E-state index contributed by atoms with van der Waals surface area (Å²) >= 11 is 0. The lowest BCUT2D eigenvalue weighted by atomic mass is 10.2. The Labute approximate surface area is 145 Å². The average molecular weight is 363 g/mol. The molecular weight excluding hydrogens is 336 g/mol. The molecule has 1 aromatic rings. The maximum atomic E-state index is 12.4. The fourth-order valence-corrected chi connectivity index (χ4v) is 3.92. The maximum Gasteiger partial charge on any atom is 0.238 e. The van der Waals surface area contributed by atoms with Gasteiger partial charge in [-0.2, -0.15) is 0 Å². The van der Waals surface area contributed by atoms with Gasteiger partial charge in [0.1, 0.15) is 5.75 Å². The van der Waals surface area contributed by atoms with Gasteiger partial charge in [-0.15, -0.1) is 12.4 Å². The first-order valence-corrected chi connectivity index (χ1v) is 9.38. The second-order valence-corrected chi connectivity index (χ2v) is 8.00. The van der Waals surface area contributed by atoms with Crippen molar-refractivity contribution in [2.75, 3.05) is 24.6 Å². The second-order valence-electron chi connectivity index (χ2n) is 5.89. The van der Waals surface area contributed by atoms with E-state index in [-0.39, 0.29) is 30.0 Å². The van der Waals surface area contributed by atoms with E-state index < -0.39 is 15.6 Å². The molecule has 7 heteroatoms. The predicted molar refractivity (Wildman–Crippen MR) is 96.3 cm³/mol. The van der Waals surface area contributed by atoms with E-state index in [4.69, 9.17) is 5.73 Å². The molecule has 132 valence electrons. The van der Waals surface area contributed by atoms with E-state index in [9.17, 15) is 13.2 Å². The highest BCUT2D eigenvalue weighted by atomic mass is 35.5. The van der Waals surface area contributed by atoms with Gasteiger partial charge in [0.15, 0.2) is 9.84 Å². The highest BCUT2D eigenvalue weighted by molar-refractivity contribution is 7.92. The first kappa shape index (κ1) is 21.9. The van der Waals surface area contributed by atoms with Gasteiger partial charge in [0, 0.05) is 13.1 Å². The predicted octanol–water partition coefficient (Wildman–Crippen LogP) is 1.86. The van der Waals surface area contributed by atoms with Crippen LogP contribution in [0.2, 0.25) is 0 Å². The van der Waals surface area contributed by atoms with Crippen molar-refractivity contribution in [1.82, 2.24) is 4.90 Å². The van der Waals surface area contributed by atoms with Crippen molar-refractivity contribution in [3.63, 3.8) is 0 Å². The molecular formula is C16H27ClN2O3S. The summed E-state index contributed by atoms with van der Waals surface area (Å²) in [6, 6.07) is 9.55. The van der Waals surface area contributed by atoms with Crippen LogP contribution in [-0.4, -0.2) is 43.8 Å². The highest BCUT2D eigenvalue weighted by Crippen LogP contribution is 2.08. The topological polar surface area (TPSA) is 80.5 Å². The summed E-state index contributed by atoms with van der Waals surface area (Å²) in [5.41, 5.74) is 6.49. The molecule has 0 fully saturated rings. The first-order valence-electron chi connectivity index (χ1n) is 7.56. The van der Waals surface area contributed by atoms with Crippen molar-refractivity contribution in [2.45, 2.75) is 26.8 Å². The molecule has 0 saturated heterocycles. The number of hydrogen-bond donors (Lipinski definition) is 1. The van der Waals surface area contributed by atoms with E-state index in [1.165, 1.54) is 0 Å². The SMILES string of the molecule is CC(C)CS(=O)(=O)CC(=O)N(CCCN)Cc1ccccc1.Cl. The minimum Gasteiger partial charge on any atom is -0.337 e. The standard InChI is InChI=1S/C16H26N2O3S.ClH/c1-14(2)12-22(20,21)13-16(19)18(10-6-9-17)11-15-7-4-3-5-8-15;/h3-5,7-8,14H,6,9-13,17H2,1-2H3;1H. The zero-order valence-electron chi connectivity index (χ0n) is 13.8. The molecule has 23 heavy (non-hydrogen) atoms. The van der Waals surface area contributed by atoms with Crippen LogP contribution in [0.3, 0.4) is 0 Å². The summed E-state index contributed by atoms with van der Waals surface area (Å²) in [7, 11) is -3.36. The van der Waals surface area contributed by atoms with Crippen molar-refractivity contribution in [3.05, 3.63) is 35.9 Å². The summed E-state index contributed by atoms with van der Waals surface area (Å²) in [5, 5.41) is 0. The molecule has 0 aliphatic carbocycles. The molecule has 0 aliphatic rings. The average Bonchev–Trinajstić information content (AvgIpc) is 2.42. The van der Waals surface area contributed by atoms with E-state index in [2.05, 4.69) is 0 Å². The molecule has 0 bridgehead atoms. The maximum absolute atomic E-state index is 12.4. The molecule has 0 atom stereocenters. The Hall–Kier alpha value is -1.11. The quantitative estimate of drug-likeness (QED) is 0.727. The monoisotopic (exact) mass is 362 g/mol. The third-order valence-electron chi connectivity index (χ3n) is 3.13. The van der Waals surface area contributed by atoms with Crippen LogP contribution in [0.25, 0.3) is 0 Å². The Morgan fingerprint density at radius 2 is 1.83 bits per heavy atom. The summed E-state index contributed by atoms with van der Waals surface area (Å²) in [4.78, 5) is 13.9. The summed E-state index contributed by atoms with van der Waals surface area (Å²) < 4.78 is 24.0. The smallest absolute Gasteiger partial charge is 0.238 e. The Morgan fingerprint density at radius 3 is 2.35 bits per heavy atom. The molecule has 2 N–H and O–H groups in total. The number of sulfone groups is 1. The zero-order valence-corrected chi connectivity index (χ0v) is 15.4. The number of halogens is 1. The van der Waals surface area contributed by atoms with Gasteiger partial charge in [-0.25, -0.2) is 8.42 Å². The van der Waals surface area contributed by atoms with Crippen LogP contribution in [-0.2, 0) is 21.2 Å². The third kappa shape index (κ3) is 8.93. The minimum absolute atomic E-state index is 0. The Morgan fingerprint density at radius 1 is 1.22 bits per heavy atom. The number of rotatable bonds is 9. The summed E-state index contributed by atoms with van der Waals surface area (Å²) in [6.45, 7) is 5.02. The highest BCUT2D eigenvalue weighted by Gasteiger charge is 2.22. The Bertz CT molecular complexity index is 562. The van der Waals surface area contributed by atoms with Gasteiger partial charge in [0.25, 0.3) is 0 Å². The molecule has 0 aromatic heterocycles. The molecule has 0 radical (unpaired) electrons. The lowest BCUT2D eigenvalue weighted by Gasteiger charge is -2.23. The molecule has 1 aromatic carbocycles. The van der Waals surface area contributed by atoms with Crippen LogP contribution < -0.4 is 5.73 Å². The van der Waals surface area contributed by atoms with Crippen LogP contribution >= 0.6 is 12.4 Å². The van der Waals surface area contributed by atoms with Crippen LogP contribution in [0.15, 0.2) is 30.3 Å². The van der Waals surface area contributed by atoms with E-state index in [1.807, 2.05) is 44.2 Å². The minimum atomic E-state index is -3.36. The fraction of sp³-hybridized carbons (Fsp3) is 0.562. The number of hydrogen-bond acceptors (Lipinski definition) is 4. The molecule has 5 nitrogen and oxygen atoms in total. The van der Waals surface area contributed by atoms with Crippen LogP contribution in [0.5, 0.6) is 0 Å². The van der Waals surface area contributed by atoms with E-state index in [0.29, 0.717) is 26.1 Å². The van der Waals surface area contributed by atoms with E-state index in [0.717, 1.165) is 5.56 Å². The molecule has 0 heterocycles. The molecule has 0 saturated carbocycles. The third-order valence-corrected chi connectivity index (χ3v) is 4.99. The van der Waals surface area contributed by atoms with Crippen molar-refractivity contribution in [1.29, 1.82) is 0 Å². The van der Waals surface area contributed by atoms with Gasteiger partial charge in [-0.1, -0.05) is 44.2 Å². The van der Waals surface area contributed by atoms with Gasteiger partial charge in [-0.05, 0) is 24.4 Å². The lowest BCUT2D eigenvalue weighted by molar-refractivity contribution is -0.129. The Kier molecular flexibility index (Phi) is 10.1. The molecule has 0 unspecified atom stereocenters. The van der Waals surface area contributed by atoms with Crippen LogP contribution in [0, 0.1) is 5.92 Å². The fourth-order valence-electron chi connectivity index (χ4n) is 2.22. The lowest BCUT2D eigenvalue weighted by Crippen LogP contribution is -2.37. The molecule has 1 rings (SSSR count). The van der Waals surface area contributed by atoms with Gasteiger partial charge in [-0.3, -0.25) is 4.79 Å². The van der Waals surface area contributed by atoms with Crippen LogP contribution in [0.1, 0.15) is 25.8 Å². The van der Waals surface area contributed by atoms with E-state index in [1.54, 1.807) is 4.90 Å². The summed E-state index contributed by atoms with van der Waals surface area (Å²) in [6.07, 6.45) is 0.656. The largest absolute Gasteiger partial charge is 0.337 e. The molecule has 1 amide bonds. The first-order chi connectivity index (χ1) is 10.3. The number of nitrogens with zero attached hydrogens (tertiary/aromatic N) is 1. The van der Waals surface area contributed by atoms with Crippen LogP contribution in [0.4, 0.5) is 0 Å². The summed E-state index contributed by atoms with van der Waals surface area (Å²) in [5.74, 6) is -0.723. The number of carbonyl (C=O) groups excluding carboxylic acids is 1. The van der Waals surface area contributed by atoms with Crippen molar-refractivity contribution in [3.8, 4) is 0 Å². The van der Waals surface area contributed by atoms with Gasteiger partial charge in [0.2, 0.25) is 5.91 Å². The normalized spacial score (nSPS) is 11.1.